The maximum atomic E-state index is 12.7. The highest BCUT2D eigenvalue weighted by molar-refractivity contribution is 7.17. The number of carbonyl (C=O) groups excluding carboxylic acids is 2. The van der Waals surface area contributed by atoms with E-state index in [2.05, 4.69) is 10.3 Å². The minimum atomic E-state index is -0.162. The fourth-order valence-corrected chi connectivity index (χ4v) is 3.52. The molecular formula is C18H22N4O3S. The number of aromatic nitrogens is 1. The van der Waals surface area contributed by atoms with Crippen molar-refractivity contribution in [2.45, 2.75) is 26.4 Å². The molecule has 26 heavy (non-hydrogen) atoms. The van der Waals surface area contributed by atoms with Gasteiger partial charge in [0, 0.05) is 25.7 Å². The van der Waals surface area contributed by atoms with Crippen LogP contribution in [-0.4, -0.2) is 48.1 Å². The number of ether oxygens (including phenoxy) is 1. The van der Waals surface area contributed by atoms with Gasteiger partial charge in [0.05, 0.1) is 13.3 Å². The van der Waals surface area contributed by atoms with Crippen LogP contribution in [0.1, 0.15) is 29.1 Å². The second-order valence-electron chi connectivity index (χ2n) is 6.34. The molecular weight excluding hydrogens is 352 g/mol. The number of amides is 3. The first-order valence-electron chi connectivity index (χ1n) is 8.44. The Morgan fingerprint density at radius 3 is 2.69 bits per heavy atom. The number of benzene rings is 1. The Labute approximate surface area is 156 Å². The molecule has 0 aliphatic carbocycles. The summed E-state index contributed by atoms with van der Waals surface area (Å²) in [6.07, 6.45) is 1.52. The highest BCUT2D eigenvalue weighted by Gasteiger charge is 2.31. The summed E-state index contributed by atoms with van der Waals surface area (Å²) in [5, 5.41) is 3.39. The van der Waals surface area contributed by atoms with Gasteiger partial charge in [0.1, 0.15) is 10.6 Å². The molecule has 1 aliphatic rings. The van der Waals surface area contributed by atoms with Crippen LogP contribution in [0.5, 0.6) is 5.75 Å². The van der Waals surface area contributed by atoms with Gasteiger partial charge in [0.25, 0.3) is 5.91 Å². The van der Waals surface area contributed by atoms with E-state index in [0.717, 1.165) is 11.3 Å². The summed E-state index contributed by atoms with van der Waals surface area (Å²) in [5.74, 6) is 0.628. The second-order valence-corrected chi connectivity index (χ2v) is 7.35. The molecule has 138 valence electrons. The maximum absolute atomic E-state index is 12.7. The number of nitrogens with one attached hydrogen (secondary N) is 1. The van der Waals surface area contributed by atoms with Crippen LogP contribution < -0.4 is 15.0 Å². The van der Waals surface area contributed by atoms with E-state index in [9.17, 15) is 9.59 Å². The van der Waals surface area contributed by atoms with Crippen LogP contribution in [0.25, 0.3) is 0 Å². The van der Waals surface area contributed by atoms with Crippen molar-refractivity contribution in [1.29, 1.82) is 0 Å². The lowest BCUT2D eigenvalue weighted by Crippen LogP contribution is -2.31. The van der Waals surface area contributed by atoms with E-state index in [0.29, 0.717) is 29.6 Å². The van der Waals surface area contributed by atoms with E-state index in [1.165, 1.54) is 17.5 Å². The van der Waals surface area contributed by atoms with Crippen molar-refractivity contribution in [1.82, 2.24) is 15.2 Å². The number of rotatable bonds is 6. The molecule has 1 saturated heterocycles. The Kier molecular flexibility index (Phi) is 5.41. The first-order chi connectivity index (χ1) is 12.5. The molecule has 1 aromatic heterocycles. The smallest absolute Gasteiger partial charge is 0.326 e. The standard InChI is InChI=1S/C18H22N4O3S/c1-12(2)20-16(23)15-10-19-17(26-15)22-9-8-21(18(22)24)11-13-4-6-14(25-3)7-5-13/h4-7,10,12H,8-9,11H2,1-3H3,(H,20,23). The van der Waals surface area contributed by atoms with Crippen LogP contribution in [0.4, 0.5) is 9.93 Å². The lowest BCUT2D eigenvalue weighted by molar-refractivity contribution is 0.0947. The van der Waals surface area contributed by atoms with Crippen molar-refractivity contribution in [3.05, 3.63) is 40.9 Å². The molecule has 1 fully saturated rings. The molecule has 2 heterocycles. The van der Waals surface area contributed by atoms with Crippen LogP contribution in [-0.2, 0) is 6.54 Å². The summed E-state index contributed by atoms with van der Waals surface area (Å²) in [6.45, 7) is 5.53. The quantitative estimate of drug-likeness (QED) is 0.844. The van der Waals surface area contributed by atoms with E-state index in [1.807, 2.05) is 38.1 Å². The number of thiazole rings is 1. The van der Waals surface area contributed by atoms with E-state index >= 15 is 0 Å². The third-order valence-corrected chi connectivity index (χ3v) is 5.01. The SMILES string of the molecule is COc1ccc(CN2CCN(c3ncc(C(=O)NC(C)C)s3)C2=O)cc1. The number of methoxy groups -OCH3 is 1. The second kappa shape index (κ2) is 7.74. The summed E-state index contributed by atoms with van der Waals surface area (Å²) < 4.78 is 5.15. The summed E-state index contributed by atoms with van der Waals surface area (Å²) in [7, 11) is 1.63. The molecule has 1 aromatic carbocycles. The average molecular weight is 374 g/mol. The summed E-state index contributed by atoms with van der Waals surface area (Å²) in [6, 6.07) is 7.63. The van der Waals surface area contributed by atoms with Crippen LogP contribution in [0, 0.1) is 0 Å². The molecule has 0 radical (unpaired) electrons. The van der Waals surface area contributed by atoms with Gasteiger partial charge < -0.3 is 15.0 Å². The van der Waals surface area contributed by atoms with Gasteiger partial charge >= 0.3 is 6.03 Å². The average Bonchev–Trinajstić information content (AvgIpc) is 3.23. The Bertz CT molecular complexity index is 788. The van der Waals surface area contributed by atoms with Gasteiger partial charge in [-0.2, -0.15) is 0 Å². The van der Waals surface area contributed by atoms with Gasteiger partial charge in [0.15, 0.2) is 5.13 Å². The molecule has 7 nitrogen and oxygen atoms in total. The molecule has 0 saturated carbocycles. The number of anilines is 1. The van der Waals surface area contributed by atoms with Gasteiger partial charge in [-0.15, -0.1) is 0 Å². The summed E-state index contributed by atoms with van der Waals surface area (Å²) in [5.41, 5.74) is 1.04. The fraction of sp³-hybridized carbons (Fsp3) is 0.389. The van der Waals surface area contributed by atoms with Crippen molar-refractivity contribution in [3.8, 4) is 5.75 Å². The van der Waals surface area contributed by atoms with Crippen molar-refractivity contribution in [3.63, 3.8) is 0 Å². The Morgan fingerprint density at radius 2 is 2.04 bits per heavy atom. The number of hydrogen-bond acceptors (Lipinski definition) is 5. The Hall–Kier alpha value is -2.61. The molecule has 2 aromatic rings. The van der Waals surface area contributed by atoms with Crippen molar-refractivity contribution >= 4 is 28.4 Å². The van der Waals surface area contributed by atoms with Crippen LogP contribution in [0.3, 0.4) is 0 Å². The summed E-state index contributed by atoms with van der Waals surface area (Å²) in [4.78, 5) is 32.9. The minimum Gasteiger partial charge on any atom is -0.497 e. The zero-order chi connectivity index (χ0) is 18.7. The first kappa shape index (κ1) is 18.2. The van der Waals surface area contributed by atoms with Crippen molar-refractivity contribution in [2.24, 2.45) is 0 Å². The predicted octanol–water partition coefficient (Wildman–Crippen LogP) is 2.73. The molecule has 0 atom stereocenters. The molecule has 0 bridgehead atoms. The van der Waals surface area contributed by atoms with E-state index in [1.54, 1.807) is 16.9 Å². The largest absolute Gasteiger partial charge is 0.497 e. The normalized spacial score (nSPS) is 14.2. The van der Waals surface area contributed by atoms with Gasteiger partial charge in [-0.25, -0.2) is 9.78 Å². The van der Waals surface area contributed by atoms with Gasteiger partial charge in [-0.3, -0.25) is 9.69 Å². The van der Waals surface area contributed by atoms with Gasteiger partial charge in [0.2, 0.25) is 0 Å². The highest BCUT2D eigenvalue weighted by Crippen LogP contribution is 2.27. The maximum Gasteiger partial charge on any atom is 0.326 e. The van der Waals surface area contributed by atoms with E-state index in [4.69, 9.17) is 4.74 Å². The molecule has 0 spiro atoms. The minimum absolute atomic E-state index is 0.0569. The molecule has 0 unspecified atom stereocenters. The van der Waals surface area contributed by atoms with E-state index in [-0.39, 0.29) is 18.0 Å². The van der Waals surface area contributed by atoms with Crippen LogP contribution in [0.2, 0.25) is 0 Å². The summed E-state index contributed by atoms with van der Waals surface area (Å²) >= 11 is 1.24. The van der Waals surface area contributed by atoms with E-state index < -0.39 is 0 Å². The fourth-order valence-electron chi connectivity index (χ4n) is 2.69. The molecule has 1 N–H and O–H groups in total. The van der Waals surface area contributed by atoms with Crippen molar-refractivity contribution < 1.29 is 14.3 Å². The number of urea groups is 1. The molecule has 1 aliphatic heterocycles. The molecule has 3 rings (SSSR count). The number of hydrogen-bond donors (Lipinski definition) is 1. The zero-order valence-electron chi connectivity index (χ0n) is 15.1. The number of carbonyl (C=O) groups is 2. The first-order valence-corrected chi connectivity index (χ1v) is 9.25. The van der Waals surface area contributed by atoms with Crippen LogP contribution >= 0.6 is 11.3 Å². The highest BCUT2D eigenvalue weighted by atomic mass is 32.1. The van der Waals surface area contributed by atoms with Gasteiger partial charge in [-0.1, -0.05) is 23.5 Å². The topological polar surface area (TPSA) is 74.8 Å². The van der Waals surface area contributed by atoms with Crippen molar-refractivity contribution in [2.75, 3.05) is 25.1 Å². The Balaban J connectivity index is 1.65. The Morgan fingerprint density at radius 1 is 1.31 bits per heavy atom. The molecule has 3 amide bonds. The lowest BCUT2D eigenvalue weighted by atomic mass is 10.2. The van der Waals surface area contributed by atoms with Gasteiger partial charge in [-0.05, 0) is 31.5 Å². The third kappa shape index (κ3) is 3.96. The zero-order valence-corrected chi connectivity index (χ0v) is 15.9. The third-order valence-electron chi connectivity index (χ3n) is 4.00. The number of nitrogens with zero attached hydrogens (tertiary/aromatic N) is 3. The predicted molar refractivity (Wildman–Crippen MR) is 101 cm³/mol. The van der Waals surface area contributed by atoms with Crippen LogP contribution in [0.15, 0.2) is 30.5 Å². The monoisotopic (exact) mass is 374 g/mol. The lowest BCUT2D eigenvalue weighted by Gasteiger charge is -2.17. The molecule has 8 heteroatoms.